The van der Waals surface area contributed by atoms with Crippen LogP contribution in [0.5, 0.6) is 0 Å². The summed E-state index contributed by atoms with van der Waals surface area (Å²) >= 11 is 5.59. The van der Waals surface area contributed by atoms with Crippen molar-refractivity contribution in [3.63, 3.8) is 0 Å². The average molecular weight is 339 g/mol. The second-order valence-electron chi connectivity index (χ2n) is 5.03. The maximum atomic E-state index is 13.8. The minimum Gasteiger partial charge on any atom is -0.399 e. The van der Waals surface area contributed by atoms with E-state index in [0.717, 1.165) is 12.1 Å². The van der Waals surface area contributed by atoms with Crippen LogP contribution in [0.3, 0.4) is 0 Å². The van der Waals surface area contributed by atoms with Crippen LogP contribution in [0.1, 0.15) is 20.3 Å². The topological polar surface area (TPSA) is 81.4 Å². The zero-order valence-electron chi connectivity index (χ0n) is 12.0. The van der Waals surface area contributed by atoms with Gasteiger partial charge >= 0.3 is 0 Å². The van der Waals surface area contributed by atoms with Gasteiger partial charge in [-0.15, -0.1) is 0 Å². The Morgan fingerprint density at radius 3 is 2.71 bits per heavy atom. The molecule has 5 nitrogen and oxygen atoms in total. The Hall–Kier alpha value is -0.890. The number of halogens is 2. The van der Waals surface area contributed by atoms with Gasteiger partial charge in [0.1, 0.15) is 4.90 Å². The van der Waals surface area contributed by atoms with Crippen molar-refractivity contribution in [3.8, 4) is 0 Å². The zero-order chi connectivity index (χ0) is 16.0. The van der Waals surface area contributed by atoms with Gasteiger partial charge in [0, 0.05) is 25.4 Å². The van der Waals surface area contributed by atoms with Crippen molar-refractivity contribution in [1.82, 2.24) is 4.72 Å². The lowest BCUT2D eigenvalue weighted by Crippen LogP contribution is -2.26. The number of nitrogens with one attached hydrogen (secondary N) is 1. The molecule has 0 saturated heterocycles. The standard InChI is InChI=1S/C13H20ClFN2O3S/c1-9(2)8-20-5-3-4-17-21(18,19)12-7-10(16)6-11(14)13(12)15/h6-7,9,17H,3-5,8,16H2,1-2H3. The molecular weight excluding hydrogens is 319 g/mol. The molecule has 0 unspecified atom stereocenters. The highest BCUT2D eigenvalue weighted by Gasteiger charge is 2.21. The van der Waals surface area contributed by atoms with Gasteiger partial charge in [0.2, 0.25) is 10.0 Å². The quantitative estimate of drug-likeness (QED) is 0.563. The van der Waals surface area contributed by atoms with Gasteiger partial charge in [-0.1, -0.05) is 25.4 Å². The second-order valence-corrected chi connectivity index (χ2v) is 7.18. The fourth-order valence-corrected chi connectivity index (χ4v) is 3.05. The minimum atomic E-state index is -3.98. The second kappa shape index (κ2) is 7.93. The van der Waals surface area contributed by atoms with Crippen LogP contribution in [-0.2, 0) is 14.8 Å². The molecule has 0 atom stereocenters. The highest BCUT2D eigenvalue weighted by molar-refractivity contribution is 7.89. The molecule has 1 rings (SSSR count). The summed E-state index contributed by atoms with van der Waals surface area (Å²) in [5, 5.41) is -0.323. The highest BCUT2D eigenvalue weighted by atomic mass is 35.5. The van der Waals surface area contributed by atoms with Crippen LogP contribution in [-0.4, -0.2) is 28.2 Å². The summed E-state index contributed by atoms with van der Waals surface area (Å²) in [4.78, 5) is -0.546. The summed E-state index contributed by atoms with van der Waals surface area (Å²) in [6, 6.07) is 2.20. The average Bonchev–Trinajstić information content (AvgIpc) is 2.37. The van der Waals surface area contributed by atoms with E-state index in [-0.39, 0.29) is 17.3 Å². The summed E-state index contributed by atoms with van der Waals surface area (Å²) in [5.41, 5.74) is 5.57. The molecule has 0 heterocycles. The van der Waals surface area contributed by atoms with Crippen LogP contribution >= 0.6 is 11.6 Å². The van der Waals surface area contributed by atoms with Crippen molar-refractivity contribution < 1.29 is 17.5 Å². The highest BCUT2D eigenvalue weighted by Crippen LogP contribution is 2.25. The number of nitrogens with two attached hydrogens (primary N) is 1. The lowest BCUT2D eigenvalue weighted by atomic mass is 10.2. The van der Waals surface area contributed by atoms with Crippen molar-refractivity contribution in [2.45, 2.75) is 25.2 Å². The third-order valence-corrected chi connectivity index (χ3v) is 4.25. The van der Waals surface area contributed by atoms with E-state index in [1.165, 1.54) is 0 Å². The maximum absolute atomic E-state index is 13.8. The van der Waals surface area contributed by atoms with Crippen LogP contribution < -0.4 is 10.5 Å². The summed E-state index contributed by atoms with van der Waals surface area (Å²) in [6.45, 7) is 5.24. The number of nitrogen functional groups attached to an aromatic ring is 1. The third-order valence-electron chi connectivity index (χ3n) is 2.52. The molecule has 0 spiro atoms. The number of ether oxygens (including phenoxy) is 1. The van der Waals surface area contributed by atoms with Crippen molar-refractivity contribution in [3.05, 3.63) is 23.0 Å². The Bertz CT molecular complexity index is 579. The minimum absolute atomic E-state index is 0.0852. The number of rotatable bonds is 8. The first kappa shape index (κ1) is 18.2. The molecule has 0 bridgehead atoms. The Kier molecular flexibility index (Phi) is 6.86. The number of benzene rings is 1. The lowest BCUT2D eigenvalue weighted by Gasteiger charge is -2.10. The van der Waals surface area contributed by atoms with Crippen molar-refractivity contribution in [2.24, 2.45) is 5.92 Å². The number of hydrogen-bond donors (Lipinski definition) is 2. The van der Waals surface area contributed by atoms with Gasteiger partial charge in [-0.05, 0) is 24.5 Å². The molecule has 8 heteroatoms. The Morgan fingerprint density at radius 1 is 1.43 bits per heavy atom. The Labute approximate surface area is 129 Å². The summed E-state index contributed by atoms with van der Waals surface area (Å²) < 4.78 is 45.4. The molecule has 1 aromatic rings. The maximum Gasteiger partial charge on any atom is 0.243 e. The molecule has 21 heavy (non-hydrogen) atoms. The van der Waals surface area contributed by atoms with Crippen molar-refractivity contribution >= 4 is 27.3 Å². The monoisotopic (exact) mass is 338 g/mol. The molecule has 0 aromatic heterocycles. The molecule has 0 amide bonds. The van der Waals surface area contributed by atoms with E-state index >= 15 is 0 Å². The number of hydrogen-bond acceptors (Lipinski definition) is 4. The van der Waals surface area contributed by atoms with Gasteiger partial charge in [0.15, 0.2) is 5.82 Å². The van der Waals surface area contributed by atoms with E-state index in [9.17, 15) is 12.8 Å². The molecule has 120 valence electrons. The molecule has 0 aliphatic heterocycles. The third kappa shape index (κ3) is 5.78. The molecule has 0 fully saturated rings. The summed E-state index contributed by atoms with van der Waals surface area (Å²) in [6.07, 6.45) is 0.490. The molecule has 0 radical (unpaired) electrons. The Balaban J connectivity index is 2.59. The van der Waals surface area contributed by atoms with Gasteiger partial charge in [0.05, 0.1) is 5.02 Å². The predicted molar refractivity (Wildman–Crippen MR) is 81.3 cm³/mol. The van der Waals surface area contributed by atoms with Gasteiger partial charge in [-0.3, -0.25) is 0 Å². The largest absolute Gasteiger partial charge is 0.399 e. The van der Waals surface area contributed by atoms with E-state index < -0.39 is 20.7 Å². The van der Waals surface area contributed by atoms with Gasteiger partial charge in [-0.2, -0.15) is 0 Å². The Morgan fingerprint density at radius 2 is 2.10 bits per heavy atom. The molecule has 0 aliphatic carbocycles. The smallest absolute Gasteiger partial charge is 0.243 e. The van der Waals surface area contributed by atoms with Gasteiger partial charge < -0.3 is 10.5 Å². The number of anilines is 1. The fraction of sp³-hybridized carbons (Fsp3) is 0.538. The summed E-state index contributed by atoms with van der Waals surface area (Å²) in [7, 11) is -3.98. The first-order valence-electron chi connectivity index (χ1n) is 6.56. The first-order valence-corrected chi connectivity index (χ1v) is 8.42. The molecule has 0 aliphatic rings. The molecule has 1 aromatic carbocycles. The molecule has 3 N–H and O–H groups in total. The summed E-state index contributed by atoms with van der Waals surface area (Å²) in [5.74, 6) is -0.584. The normalized spacial score (nSPS) is 12.0. The van der Waals surface area contributed by atoms with Crippen LogP contribution in [0.25, 0.3) is 0 Å². The van der Waals surface area contributed by atoms with Crippen LogP contribution in [0.15, 0.2) is 17.0 Å². The van der Waals surface area contributed by atoms with Gasteiger partial charge in [-0.25, -0.2) is 17.5 Å². The molecular formula is C13H20ClFN2O3S. The zero-order valence-corrected chi connectivity index (χ0v) is 13.6. The molecule has 0 saturated carbocycles. The van der Waals surface area contributed by atoms with Crippen LogP contribution in [0.2, 0.25) is 5.02 Å². The van der Waals surface area contributed by atoms with E-state index in [2.05, 4.69) is 4.72 Å². The van der Waals surface area contributed by atoms with Crippen LogP contribution in [0, 0.1) is 11.7 Å². The SMILES string of the molecule is CC(C)COCCCNS(=O)(=O)c1cc(N)cc(Cl)c1F. The van der Waals surface area contributed by atoms with E-state index in [1.807, 2.05) is 13.8 Å². The van der Waals surface area contributed by atoms with E-state index in [0.29, 0.717) is 25.6 Å². The van der Waals surface area contributed by atoms with Crippen molar-refractivity contribution in [2.75, 3.05) is 25.5 Å². The number of sulfonamides is 1. The van der Waals surface area contributed by atoms with E-state index in [1.54, 1.807) is 0 Å². The van der Waals surface area contributed by atoms with Crippen LogP contribution in [0.4, 0.5) is 10.1 Å². The van der Waals surface area contributed by atoms with Crippen molar-refractivity contribution in [1.29, 1.82) is 0 Å². The lowest BCUT2D eigenvalue weighted by molar-refractivity contribution is 0.108. The van der Waals surface area contributed by atoms with E-state index in [4.69, 9.17) is 22.1 Å². The predicted octanol–water partition coefficient (Wildman–Crippen LogP) is 2.40. The van der Waals surface area contributed by atoms with Gasteiger partial charge in [0.25, 0.3) is 0 Å². The fourth-order valence-electron chi connectivity index (χ4n) is 1.56. The first-order chi connectivity index (χ1) is 9.74.